The summed E-state index contributed by atoms with van der Waals surface area (Å²) in [5.74, 6) is 1.45. The third-order valence-electron chi connectivity index (χ3n) is 8.34. The zero-order valence-electron chi connectivity index (χ0n) is 23.2. The highest BCUT2D eigenvalue weighted by atomic mass is 32.2. The van der Waals surface area contributed by atoms with Gasteiger partial charge >= 0.3 is 0 Å². The molecular weight excluding hydrogens is 536 g/mol. The largest absolute Gasteiger partial charge is 0.338 e. The fourth-order valence-electron chi connectivity index (χ4n) is 5.71. The van der Waals surface area contributed by atoms with Crippen LogP contribution in [-0.4, -0.2) is 105 Å². The topological polar surface area (TPSA) is 98.7 Å². The summed E-state index contributed by atoms with van der Waals surface area (Å²) >= 11 is 0. The molecule has 11 heteroatoms. The van der Waals surface area contributed by atoms with Crippen LogP contribution in [0.2, 0.25) is 0 Å². The van der Waals surface area contributed by atoms with Crippen molar-refractivity contribution in [1.29, 1.82) is 0 Å². The summed E-state index contributed by atoms with van der Waals surface area (Å²) in [4.78, 5) is 28.1. The molecule has 2 aromatic heterocycles. The number of likely N-dealkylation sites (N-methyl/N-ethyl adjacent to an activating group) is 2. The number of sulfone groups is 1. The van der Waals surface area contributed by atoms with Crippen molar-refractivity contribution in [1.82, 2.24) is 29.7 Å². The lowest BCUT2D eigenvalue weighted by Gasteiger charge is -2.32. The summed E-state index contributed by atoms with van der Waals surface area (Å²) in [6, 6.07) is 10.9. The Bertz CT molecular complexity index is 1570. The van der Waals surface area contributed by atoms with E-state index in [0.717, 1.165) is 86.5 Å². The van der Waals surface area contributed by atoms with E-state index in [-0.39, 0.29) is 0 Å². The Balaban J connectivity index is 1.18. The molecule has 2 saturated heterocycles. The van der Waals surface area contributed by atoms with Crippen LogP contribution in [0.15, 0.2) is 71.0 Å². The van der Waals surface area contributed by atoms with Crippen molar-refractivity contribution in [2.45, 2.75) is 9.79 Å². The molecule has 4 aromatic rings. The highest BCUT2D eigenvalue weighted by Crippen LogP contribution is 2.46. The molecule has 7 rings (SSSR count). The molecule has 0 saturated carbocycles. The molecule has 2 aromatic carbocycles. The highest BCUT2D eigenvalue weighted by molar-refractivity contribution is 7.92. The Hall–Kier alpha value is -3.93. The number of piperazine rings is 2. The molecule has 210 valence electrons. The molecule has 0 spiro atoms. The van der Waals surface area contributed by atoms with Gasteiger partial charge in [-0.2, -0.15) is 0 Å². The van der Waals surface area contributed by atoms with Gasteiger partial charge in [-0.25, -0.2) is 28.4 Å². The maximum absolute atomic E-state index is 13.4. The molecule has 0 aliphatic carbocycles. The van der Waals surface area contributed by atoms with Crippen molar-refractivity contribution in [3.05, 3.63) is 61.2 Å². The van der Waals surface area contributed by atoms with Gasteiger partial charge < -0.3 is 19.6 Å². The zero-order chi connectivity index (χ0) is 28.1. The average Bonchev–Trinajstić information content (AvgIpc) is 3.23. The predicted octanol–water partition coefficient (Wildman–Crippen LogP) is 2.92. The summed E-state index contributed by atoms with van der Waals surface area (Å²) in [5.41, 5.74) is 4.83. The maximum Gasteiger partial charge on any atom is 0.225 e. The first-order chi connectivity index (χ1) is 19.9. The number of anilines is 2. The minimum Gasteiger partial charge on any atom is -0.338 e. The fraction of sp³-hybridized carbons (Fsp3) is 0.333. The molecule has 0 atom stereocenters. The van der Waals surface area contributed by atoms with Gasteiger partial charge in [-0.3, -0.25) is 0 Å². The summed E-state index contributed by atoms with van der Waals surface area (Å²) in [6.45, 7) is 7.53. The average molecular weight is 569 g/mol. The van der Waals surface area contributed by atoms with Crippen LogP contribution in [-0.2, 0) is 9.84 Å². The standard InChI is InChI=1S/C30H32N8O2S/c1-35-7-11-37(12-8-35)29-31-17-23(18-32-29)21-3-5-27-25(15-21)26-16-22(4-6-28(26)41(27,39)40)24-19-33-30(34-20-24)38-13-9-36(2)10-14-38/h3-6,15-20H,7-14H2,1-2H3. The molecule has 0 amide bonds. The van der Waals surface area contributed by atoms with E-state index in [9.17, 15) is 8.42 Å². The summed E-state index contributed by atoms with van der Waals surface area (Å²) in [7, 11) is 0.643. The monoisotopic (exact) mass is 568 g/mol. The molecule has 10 nitrogen and oxygen atoms in total. The molecule has 41 heavy (non-hydrogen) atoms. The second kappa shape index (κ2) is 10.2. The lowest BCUT2D eigenvalue weighted by molar-refractivity contribution is 0.311. The van der Waals surface area contributed by atoms with Crippen molar-refractivity contribution >= 4 is 21.7 Å². The molecule has 0 N–H and O–H groups in total. The fourth-order valence-corrected chi connectivity index (χ4v) is 7.36. The predicted molar refractivity (Wildman–Crippen MR) is 159 cm³/mol. The van der Waals surface area contributed by atoms with Crippen LogP contribution in [0.3, 0.4) is 0 Å². The molecule has 0 bridgehead atoms. The van der Waals surface area contributed by atoms with E-state index < -0.39 is 9.84 Å². The number of nitrogens with zero attached hydrogens (tertiary/aromatic N) is 8. The van der Waals surface area contributed by atoms with Gasteiger partial charge in [-0.05, 0) is 49.5 Å². The Morgan fingerprint density at radius 3 is 1.27 bits per heavy atom. The van der Waals surface area contributed by atoms with Gasteiger partial charge in [-0.1, -0.05) is 12.1 Å². The Labute approximate surface area is 240 Å². The van der Waals surface area contributed by atoms with Crippen molar-refractivity contribution in [2.75, 3.05) is 76.3 Å². The molecular formula is C30H32N8O2S. The number of rotatable bonds is 4. The lowest BCUT2D eigenvalue weighted by Crippen LogP contribution is -2.45. The van der Waals surface area contributed by atoms with E-state index >= 15 is 0 Å². The first-order valence-corrected chi connectivity index (χ1v) is 15.4. The summed E-state index contributed by atoms with van der Waals surface area (Å²) < 4.78 is 26.8. The number of benzene rings is 2. The van der Waals surface area contributed by atoms with E-state index in [1.807, 2.05) is 49.1 Å². The lowest BCUT2D eigenvalue weighted by atomic mass is 9.98. The Kier molecular flexibility index (Phi) is 6.44. The van der Waals surface area contributed by atoms with Gasteiger partial charge in [0.15, 0.2) is 0 Å². The van der Waals surface area contributed by atoms with Crippen LogP contribution in [0, 0.1) is 0 Å². The minimum absolute atomic E-state index is 0.324. The second-order valence-corrected chi connectivity index (χ2v) is 12.9. The SMILES string of the molecule is CN1CCN(c2ncc(-c3ccc4c(c3)-c3cc(-c5cnc(N6CCN(C)CC6)nc5)ccc3S4(=O)=O)cn2)CC1. The number of hydrogen-bond acceptors (Lipinski definition) is 10. The minimum atomic E-state index is -3.60. The van der Waals surface area contributed by atoms with Crippen LogP contribution in [0.5, 0.6) is 0 Å². The van der Waals surface area contributed by atoms with Crippen LogP contribution >= 0.6 is 0 Å². The first-order valence-electron chi connectivity index (χ1n) is 13.9. The van der Waals surface area contributed by atoms with Crippen LogP contribution in [0.4, 0.5) is 11.9 Å². The quantitative estimate of drug-likeness (QED) is 0.322. The number of hydrogen-bond donors (Lipinski definition) is 0. The third kappa shape index (κ3) is 4.73. The smallest absolute Gasteiger partial charge is 0.225 e. The van der Waals surface area contributed by atoms with E-state index in [2.05, 4.69) is 53.6 Å². The van der Waals surface area contributed by atoms with E-state index in [0.29, 0.717) is 20.9 Å². The molecule has 5 heterocycles. The Morgan fingerprint density at radius 1 is 0.537 bits per heavy atom. The van der Waals surface area contributed by atoms with Crippen LogP contribution in [0.1, 0.15) is 0 Å². The van der Waals surface area contributed by atoms with Gasteiger partial charge in [0.25, 0.3) is 0 Å². The van der Waals surface area contributed by atoms with Gasteiger partial charge in [-0.15, -0.1) is 0 Å². The normalized spacial score (nSPS) is 18.8. The van der Waals surface area contributed by atoms with Gasteiger partial charge in [0.2, 0.25) is 21.7 Å². The number of fused-ring (bicyclic) bond motifs is 3. The van der Waals surface area contributed by atoms with Gasteiger partial charge in [0.05, 0.1) is 9.79 Å². The highest BCUT2D eigenvalue weighted by Gasteiger charge is 2.33. The molecule has 3 aliphatic heterocycles. The van der Waals surface area contributed by atoms with E-state index in [1.54, 1.807) is 12.1 Å². The van der Waals surface area contributed by atoms with Gasteiger partial charge in [0.1, 0.15) is 0 Å². The summed E-state index contributed by atoms with van der Waals surface area (Å²) in [5, 5.41) is 0. The van der Waals surface area contributed by atoms with Crippen molar-refractivity contribution in [3.8, 4) is 33.4 Å². The van der Waals surface area contributed by atoms with Crippen LogP contribution in [0.25, 0.3) is 33.4 Å². The van der Waals surface area contributed by atoms with Crippen molar-refractivity contribution in [2.24, 2.45) is 0 Å². The maximum atomic E-state index is 13.4. The van der Waals surface area contributed by atoms with Crippen molar-refractivity contribution in [3.63, 3.8) is 0 Å². The van der Waals surface area contributed by atoms with E-state index in [4.69, 9.17) is 0 Å². The summed E-state index contributed by atoms with van der Waals surface area (Å²) in [6.07, 6.45) is 7.29. The third-order valence-corrected chi connectivity index (χ3v) is 10.2. The molecule has 0 radical (unpaired) electrons. The second-order valence-electron chi connectivity index (χ2n) is 11.0. The van der Waals surface area contributed by atoms with Gasteiger partial charge in [0, 0.05) is 99.4 Å². The first kappa shape index (κ1) is 26.0. The van der Waals surface area contributed by atoms with Crippen molar-refractivity contribution < 1.29 is 8.42 Å². The zero-order valence-corrected chi connectivity index (χ0v) is 24.0. The van der Waals surface area contributed by atoms with E-state index in [1.165, 1.54) is 0 Å². The molecule has 3 aliphatic rings. The molecule has 0 unspecified atom stereocenters. The Morgan fingerprint density at radius 2 is 0.902 bits per heavy atom. The molecule has 2 fully saturated rings. The van der Waals surface area contributed by atoms with Crippen LogP contribution < -0.4 is 9.80 Å². The number of aromatic nitrogens is 4.